The number of ketones is 1. The van der Waals surface area contributed by atoms with Gasteiger partial charge >= 0.3 is 0 Å². The van der Waals surface area contributed by atoms with Crippen molar-refractivity contribution in [1.29, 1.82) is 0 Å². The number of hydrogen-bond donors (Lipinski definition) is 2. The molecule has 1 aliphatic heterocycles. The van der Waals surface area contributed by atoms with E-state index < -0.39 is 17.7 Å². The number of Topliss-reactive ketones (excluding diaryl/α,β-unsaturated/α-hetero) is 1. The van der Waals surface area contributed by atoms with Gasteiger partial charge in [0.05, 0.1) is 24.3 Å². The Morgan fingerprint density at radius 1 is 1.06 bits per heavy atom. The van der Waals surface area contributed by atoms with Gasteiger partial charge in [-0.1, -0.05) is 12.1 Å². The number of phenolic OH excluding ortho intramolecular Hbond substituents is 1. The lowest BCUT2D eigenvalue weighted by Gasteiger charge is -2.25. The van der Waals surface area contributed by atoms with E-state index in [1.165, 1.54) is 17.0 Å². The first-order valence-electron chi connectivity index (χ1n) is 10.8. The van der Waals surface area contributed by atoms with Crippen LogP contribution in [-0.2, 0) is 14.3 Å². The number of aliphatic hydroxyl groups is 1. The summed E-state index contributed by atoms with van der Waals surface area (Å²) in [6.45, 7) is 6.99. The van der Waals surface area contributed by atoms with Crippen LogP contribution >= 0.6 is 0 Å². The highest BCUT2D eigenvalue weighted by Crippen LogP contribution is 2.40. The third-order valence-electron chi connectivity index (χ3n) is 5.18. The average molecular weight is 440 g/mol. The minimum Gasteiger partial charge on any atom is -0.508 e. The Morgan fingerprint density at radius 3 is 2.31 bits per heavy atom. The lowest BCUT2D eigenvalue weighted by Crippen LogP contribution is -2.31. The topological polar surface area (TPSA) is 96.3 Å². The van der Waals surface area contributed by atoms with Gasteiger partial charge in [0.1, 0.15) is 17.3 Å². The van der Waals surface area contributed by atoms with Crippen molar-refractivity contribution in [1.82, 2.24) is 4.90 Å². The number of hydrogen-bond acceptors (Lipinski definition) is 6. The zero-order valence-corrected chi connectivity index (χ0v) is 18.6. The van der Waals surface area contributed by atoms with Crippen LogP contribution in [0.1, 0.15) is 44.4 Å². The summed E-state index contributed by atoms with van der Waals surface area (Å²) in [6, 6.07) is 12.2. The van der Waals surface area contributed by atoms with Crippen LogP contribution in [-0.4, -0.2) is 52.7 Å². The van der Waals surface area contributed by atoms with Crippen LogP contribution in [0.4, 0.5) is 0 Å². The van der Waals surface area contributed by atoms with Crippen molar-refractivity contribution in [2.24, 2.45) is 0 Å². The van der Waals surface area contributed by atoms with Crippen LogP contribution in [0, 0.1) is 0 Å². The number of carbonyl (C=O) groups excluding carboxylic acids is 2. The number of rotatable bonds is 9. The molecule has 1 unspecified atom stereocenters. The number of aromatic hydroxyl groups is 1. The molecule has 0 bridgehead atoms. The Hall–Kier alpha value is -3.32. The maximum absolute atomic E-state index is 13.0. The Kier molecular flexibility index (Phi) is 7.53. The molecule has 1 fully saturated rings. The first-order valence-corrected chi connectivity index (χ1v) is 10.8. The van der Waals surface area contributed by atoms with Gasteiger partial charge in [-0.2, -0.15) is 0 Å². The molecule has 2 aromatic carbocycles. The molecule has 1 atom stereocenters. The molecule has 2 aromatic rings. The van der Waals surface area contributed by atoms with Gasteiger partial charge in [-0.3, -0.25) is 9.59 Å². The number of carbonyl (C=O) groups is 2. The minimum absolute atomic E-state index is 0.0228. The van der Waals surface area contributed by atoms with Crippen molar-refractivity contribution in [3.63, 3.8) is 0 Å². The van der Waals surface area contributed by atoms with Gasteiger partial charge in [-0.25, -0.2) is 0 Å². The van der Waals surface area contributed by atoms with E-state index in [2.05, 4.69) is 0 Å². The zero-order valence-electron chi connectivity index (χ0n) is 18.6. The largest absolute Gasteiger partial charge is 0.508 e. The van der Waals surface area contributed by atoms with Crippen molar-refractivity contribution in [3.05, 3.63) is 65.2 Å². The number of aliphatic hydroxyl groups excluding tert-OH is 1. The predicted octanol–water partition coefficient (Wildman–Crippen LogP) is 4.03. The van der Waals surface area contributed by atoms with Crippen molar-refractivity contribution in [2.75, 3.05) is 19.8 Å². The summed E-state index contributed by atoms with van der Waals surface area (Å²) in [5.74, 6) is -0.933. The summed E-state index contributed by atoms with van der Waals surface area (Å²) in [4.78, 5) is 27.3. The van der Waals surface area contributed by atoms with Crippen LogP contribution in [0.2, 0.25) is 0 Å². The summed E-state index contributed by atoms with van der Waals surface area (Å²) >= 11 is 0. The van der Waals surface area contributed by atoms with E-state index in [0.717, 1.165) is 0 Å². The summed E-state index contributed by atoms with van der Waals surface area (Å²) in [6.07, 6.45) is 0.612. The number of nitrogens with zero attached hydrogens (tertiary/aromatic N) is 1. The van der Waals surface area contributed by atoms with Crippen molar-refractivity contribution >= 4 is 17.4 Å². The lowest BCUT2D eigenvalue weighted by atomic mass is 9.95. The maximum atomic E-state index is 13.0. The quantitative estimate of drug-likeness (QED) is 0.265. The van der Waals surface area contributed by atoms with Gasteiger partial charge in [0.15, 0.2) is 0 Å². The van der Waals surface area contributed by atoms with Gasteiger partial charge in [0.25, 0.3) is 11.7 Å². The number of benzene rings is 2. The molecule has 170 valence electrons. The normalized spacial score (nSPS) is 17.9. The van der Waals surface area contributed by atoms with E-state index >= 15 is 0 Å². The van der Waals surface area contributed by atoms with Crippen molar-refractivity contribution < 1.29 is 29.3 Å². The molecular formula is C25H29NO6. The molecule has 1 heterocycles. The second kappa shape index (κ2) is 10.3. The monoisotopic (exact) mass is 439 g/mol. The van der Waals surface area contributed by atoms with Gasteiger partial charge in [0.2, 0.25) is 0 Å². The maximum Gasteiger partial charge on any atom is 0.295 e. The van der Waals surface area contributed by atoms with Crippen LogP contribution in [0.5, 0.6) is 11.5 Å². The Morgan fingerprint density at radius 2 is 1.72 bits per heavy atom. The number of phenols is 1. The van der Waals surface area contributed by atoms with E-state index in [-0.39, 0.29) is 23.2 Å². The highest BCUT2D eigenvalue weighted by Gasteiger charge is 2.45. The summed E-state index contributed by atoms with van der Waals surface area (Å²) in [7, 11) is 0. The summed E-state index contributed by atoms with van der Waals surface area (Å²) in [5, 5.41) is 20.7. The van der Waals surface area contributed by atoms with Crippen LogP contribution in [0.25, 0.3) is 5.76 Å². The second-order valence-electron chi connectivity index (χ2n) is 7.81. The van der Waals surface area contributed by atoms with Gasteiger partial charge < -0.3 is 24.6 Å². The Balaban J connectivity index is 1.99. The lowest BCUT2D eigenvalue weighted by molar-refractivity contribution is -0.140. The zero-order chi connectivity index (χ0) is 23.3. The predicted molar refractivity (Wildman–Crippen MR) is 120 cm³/mol. The molecule has 1 amide bonds. The molecule has 0 radical (unpaired) electrons. The van der Waals surface area contributed by atoms with E-state index in [1.807, 2.05) is 20.8 Å². The summed E-state index contributed by atoms with van der Waals surface area (Å²) in [5.41, 5.74) is 1.06. The first-order chi connectivity index (χ1) is 15.3. The van der Waals surface area contributed by atoms with E-state index in [9.17, 15) is 19.8 Å². The highest BCUT2D eigenvalue weighted by atomic mass is 16.5. The van der Waals surface area contributed by atoms with E-state index in [4.69, 9.17) is 9.47 Å². The van der Waals surface area contributed by atoms with Gasteiger partial charge in [0, 0.05) is 18.7 Å². The van der Waals surface area contributed by atoms with Crippen LogP contribution < -0.4 is 4.74 Å². The average Bonchev–Trinajstić information content (AvgIpc) is 3.02. The first kappa shape index (κ1) is 23.3. The summed E-state index contributed by atoms with van der Waals surface area (Å²) < 4.78 is 11.0. The molecule has 0 aliphatic carbocycles. The van der Waals surface area contributed by atoms with E-state index in [0.29, 0.717) is 43.1 Å². The molecule has 0 saturated carbocycles. The molecular weight excluding hydrogens is 410 g/mol. The Bertz CT molecular complexity index is 978. The SMILES string of the molecule is CCOc1ccc(/C(O)=C2\C(=O)C(=O)N(CCCOC(C)C)C2c2ccc(O)cc2)cc1. The molecule has 7 heteroatoms. The van der Waals surface area contributed by atoms with Crippen molar-refractivity contribution in [3.8, 4) is 11.5 Å². The Labute approximate surface area is 187 Å². The number of amides is 1. The van der Waals surface area contributed by atoms with Crippen LogP contribution in [0.3, 0.4) is 0 Å². The standard InChI is InChI=1S/C25H29NO6/c1-4-31-20-12-8-18(9-13-20)23(28)21-22(17-6-10-19(27)11-7-17)26(25(30)24(21)29)14-5-15-32-16(2)3/h6-13,16,22,27-28H,4-5,14-15H2,1-3H3/b23-21+. The van der Waals surface area contributed by atoms with Crippen molar-refractivity contribution in [2.45, 2.75) is 39.3 Å². The van der Waals surface area contributed by atoms with Gasteiger partial charge in [-0.05, 0) is 69.2 Å². The molecule has 7 nitrogen and oxygen atoms in total. The minimum atomic E-state index is -0.763. The molecule has 32 heavy (non-hydrogen) atoms. The number of likely N-dealkylation sites (tertiary alicyclic amines) is 1. The third kappa shape index (κ3) is 5.11. The smallest absolute Gasteiger partial charge is 0.295 e. The fraction of sp³-hybridized carbons (Fsp3) is 0.360. The molecule has 2 N–H and O–H groups in total. The fourth-order valence-corrected chi connectivity index (χ4v) is 3.70. The molecule has 1 aliphatic rings. The number of ether oxygens (including phenoxy) is 2. The van der Waals surface area contributed by atoms with E-state index in [1.54, 1.807) is 36.4 Å². The fourth-order valence-electron chi connectivity index (χ4n) is 3.70. The second-order valence-corrected chi connectivity index (χ2v) is 7.81. The molecule has 3 rings (SSSR count). The van der Waals surface area contributed by atoms with Gasteiger partial charge in [-0.15, -0.1) is 0 Å². The third-order valence-corrected chi connectivity index (χ3v) is 5.18. The van der Waals surface area contributed by atoms with Crippen LogP contribution in [0.15, 0.2) is 54.1 Å². The molecule has 0 aromatic heterocycles. The highest BCUT2D eigenvalue weighted by molar-refractivity contribution is 6.46. The molecule has 0 spiro atoms. The molecule has 1 saturated heterocycles.